The highest BCUT2D eigenvalue weighted by Gasteiger charge is 2.18. The Labute approximate surface area is 108 Å². The van der Waals surface area contributed by atoms with E-state index >= 15 is 0 Å². The van der Waals surface area contributed by atoms with Gasteiger partial charge in [-0.3, -0.25) is 4.68 Å². The highest BCUT2D eigenvalue weighted by atomic mass is 19.3. The maximum atomic E-state index is 12.9. The van der Waals surface area contributed by atoms with Gasteiger partial charge in [-0.25, -0.2) is 13.2 Å². The van der Waals surface area contributed by atoms with Gasteiger partial charge in [0.15, 0.2) is 0 Å². The van der Waals surface area contributed by atoms with Crippen LogP contribution in [0.4, 0.5) is 19.0 Å². The van der Waals surface area contributed by atoms with Crippen molar-refractivity contribution in [1.29, 1.82) is 0 Å². The zero-order valence-electron chi connectivity index (χ0n) is 10.4. The molecule has 0 amide bonds. The van der Waals surface area contributed by atoms with Gasteiger partial charge in [0.05, 0.1) is 5.69 Å². The molecule has 0 aliphatic rings. The molecule has 102 valence electrons. The number of aromatic nitrogens is 2. The maximum Gasteiger partial charge on any atom is 0.257 e. The number of benzene rings is 1. The second kappa shape index (κ2) is 5.34. The van der Waals surface area contributed by atoms with E-state index in [1.165, 1.54) is 28.9 Å². The number of nitrogens with zero attached hydrogens (tertiary/aromatic N) is 2. The molecule has 0 unspecified atom stereocenters. The van der Waals surface area contributed by atoms with Crippen LogP contribution in [0.1, 0.15) is 12.5 Å². The van der Waals surface area contributed by atoms with E-state index in [0.717, 1.165) is 0 Å². The van der Waals surface area contributed by atoms with Crippen LogP contribution < -0.4 is 5.73 Å². The van der Waals surface area contributed by atoms with Crippen LogP contribution >= 0.6 is 0 Å². The van der Waals surface area contributed by atoms with Gasteiger partial charge >= 0.3 is 0 Å². The molecule has 0 bridgehead atoms. The third-order valence-corrected chi connectivity index (χ3v) is 2.86. The SMILES string of the molecule is CCc1c(N)nn(CC(F)F)c1-c1ccc(F)cc1. The van der Waals surface area contributed by atoms with Gasteiger partial charge in [-0.2, -0.15) is 5.10 Å². The number of nitrogens with two attached hydrogens (primary N) is 1. The van der Waals surface area contributed by atoms with Crippen LogP contribution in [0.2, 0.25) is 0 Å². The van der Waals surface area contributed by atoms with Crippen molar-refractivity contribution in [3.63, 3.8) is 0 Å². The van der Waals surface area contributed by atoms with E-state index in [-0.39, 0.29) is 11.6 Å². The minimum Gasteiger partial charge on any atom is -0.382 e. The lowest BCUT2D eigenvalue weighted by molar-refractivity contribution is 0.122. The van der Waals surface area contributed by atoms with Crippen molar-refractivity contribution in [1.82, 2.24) is 9.78 Å². The lowest BCUT2D eigenvalue weighted by atomic mass is 10.1. The fraction of sp³-hybridized carbons (Fsp3) is 0.308. The summed E-state index contributed by atoms with van der Waals surface area (Å²) in [5.41, 5.74) is 7.60. The normalized spacial score (nSPS) is 11.2. The zero-order valence-corrected chi connectivity index (χ0v) is 10.4. The van der Waals surface area contributed by atoms with Crippen molar-refractivity contribution < 1.29 is 13.2 Å². The van der Waals surface area contributed by atoms with Crippen molar-refractivity contribution in [2.75, 3.05) is 5.73 Å². The Morgan fingerprint density at radius 1 is 1.26 bits per heavy atom. The maximum absolute atomic E-state index is 12.9. The third-order valence-electron chi connectivity index (χ3n) is 2.86. The molecule has 0 aliphatic carbocycles. The van der Waals surface area contributed by atoms with Crippen molar-refractivity contribution in [3.8, 4) is 11.3 Å². The Balaban J connectivity index is 2.55. The zero-order chi connectivity index (χ0) is 14.0. The molecule has 0 atom stereocenters. The standard InChI is InChI=1S/C13H14F3N3/c1-2-10-12(8-3-5-9(14)6-4-8)19(7-11(15)16)18-13(10)17/h3-6,11H,2,7H2,1H3,(H2,17,18). The van der Waals surface area contributed by atoms with Crippen LogP contribution in [0.5, 0.6) is 0 Å². The Morgan fingerprint density at radius 2 is 1.89 bits per heavy atom. The summed E-state index contributed by atoms with van der Waals surface area (Å²) in [4.78, 5) is 0. The highest BCUT2D eigenvalue weighted by molar-refractivity contribution is 5.68. The molecule has 19 heavy (non-hydrogen) atoms. The van der Waals surface area contributed by atoms with Crippen molar-refractivity contribution in [3.05, 3.63) is 35.6 Å². The Kier molecular flexibility index (Phi) is 3.78. The summed E-state index contributed by atoms with van der Waals surface area (Å²) in [7, 11) is 0. The number of anilines is 1. The quantitative estimate of drug-likeness (QED) is 0.926. The average Bonchev–Trinajstić information content (AvgIpc) is 2.65. The molecule has 0 saturated heterocycles. The molecule has 6 heteroatoms. The monoisotopic (exact) mass is 269 g/mol. The van der Waals surface area contributed by atoms with Gasteiger partial charge in [0.2, 0.25) is 0 Å². The smallest absolute Gasteiger partial charge is 0.257 e. The van der Waals surface area contributed by atoms with E-state index in [1.54, 1.807) is 0 Å². The fourth-order valence-electron chi connectivity index (χ4n) is 2.06. The average molecular weight is 269 g/mol. The molecule has 2 aromatic rings. The van der Waals surface area contributed by atoms with E-state index in [2.05, 4.69) is 5.10 Å². The molecule has 0 aliphatic heterocycles. The van der Waals surface area contributed by atoms with E-state index in [9.17, 15) is 13.2 Å². The topological polar surface area (TPSA) is 43.8 Å². The second-order valence-electron chi connectivity index (χ2n) is 4.15. The van der Waals surface area contributed by atoms with E-state index in [1.807, 2.05) is 6.92 Å². The molecule has 0 saturated carbocycles. The van der Waals surface area contributed by atoms with Crippen LogP contribution in [0.15, 0.2) is 24.3 Å². The minimum absolute atomic E-state index is 0.238. The molecule has 2 rings (SSSR count). The number of halogens is 3. The molecule has 1 heterocycles. The Bertz CT molecular complexity index is 561. The molecule has 2 N–H and O–H groups in total. The van der Waals surface area contributed by atoms with Gasteiger partial charge in [0, 0.05) is 11.1 Å². The molecule has 0 radical (unpaired) electrons. The molecular formula is C13H14F3N3. The number of hydrogen-bond donors (Lipinski definition) is 1. The highest BCUT2D eigenvalue weighted by Crippen LogP contribution is 2.29. The van der Waals surface area contributed by atoms with Crippen LogP contribution in [0, 0.1) is 5.82 Å². The van der Waals surface area contributed by atoms with Crippen LogP contribution in [-0.2, 0) is 13.0 Å². The summed E-state index contributed by atoms with van der Waals surface area (Å²) in [6.07, 6.45) is -1.95. The van der Waals surface area contributed by atoms with E-state index in [0.29, 0.717) is 23.2 Å². The first-order chi connectivity index (χ1) is 9.02. The molecule has 0 fully saturated rings. The van der Waals surface area contributed by atoms with Gasteiger partial charge in [-0.15, -0.1) is 0 Å². The van der Waals surface area contributed by atoms with E-state index in [4.69, 9.17) is 5.73 Å². The van der Waals surface area contributed by atoms with Crippen molar-refractivity contribution in [2.24, 2.45) is 0 Å². The Morgan fingerprint density at radius 3 is 2.42 bits per heavy atom. The van der Waals surface area contributed by atoms with Gasteiger partial charge in [0.1, 0.15) is 18.2 Å². The van der Waals surface area contributed by atoms with Crippen LogP contribution in [0.3, 0.4) is 0 Å². The number of rotatable bonds is 4. The molecule has 3 nitrogen and oxygen atoms in total. The van der Waals surface area contributed by atoms with Gasteiger partial charge in [-0.1, -0.05) is 6.92 Å². The lowest BCUT2D eigenvalue weighted by Gasteiger charge is -2.08. The van der Waals surface area contributed by atoms with Crippen molar-refractivity contribution in [2.45, 2.75) is 26.3 Å². The number of alkyl halides is 2. The first-order valence-electron chi connectivity index (χ1n) is 5.92. The summed E-state index contributed by atoms with van der Waals surface area (Å²) in [5.74, 6) is -0.142. The van der Waals surface area contributed by atoms with Gasteiger partial charge < -0.3 is 5.73 Å². The number of nitrogen functional groups attached to an aromatic ring is 1. The van der Waals surface area contributed by atoms with Crippen LogP contribution in [-0.4, -0.2) is 16.2 Å². The molecule has 1 aromatic carbocycles. The lowest BCUT2D eigenvalue weighted by Crippen LogP contribution is -2.10. The summed E-state index contributed by atoms with van der Waals surface area (Å²) >= 11 is 0. The largest absolute Gasteiger partial charge is 0.382 e. The predicted molar refractivity (Wildman–Crippen MR) is 67.4 cm³/mol. The number of hydrogen-bond acceptors (Lipinski definition) is 2. The first kappa shape index (κ1) is 13.5. The van der Waals surface area contributed by atoms with Crippen molar-refractivity contribution >= 4 is 5.82 Å². The minimum atomic E-state index is -2.52. The second-order valence-corrected chi connectivity index (χ2v) is 4.15. The molecule has 1 aromatic heterocycles. The molecular weight excluding hydrogens is 255 g/mol. The third kappa shape index (κ3) is 2.72. The predicted octanol–water partition coefficient (Wildman–Crippen LogP) is 3.10. The summed E-state index contributed by atoms with van der Waals surface area (Å²) in [6.45, 7) is 1.34. The van der Waals surface area contributed by atoms with Crippen LogP contribution in [0.25, 0.3) is 11.3 Å². The van der Waals surface area contributed by atoms with Gasteiger partial charge in [-0.05, 0) is 30.7 Å². The fourth-order valence-corrected chi connectivity index (χ4v) is 2.06. The first-order valence-corrected chi connectivity index (χ1v) is 5.92. The summed E-state index contributed by atoms with van der Waals surface area (Å²) in [6, 6.07) is 5.63. The summed E-state index contributed by atoms with van der Waals surface area (Å²) < 4.78 is 39.2. The van der Waals surface area contributed by atoms with E-state index < -0.39 is 13.0 Å². The molecule has 0 spiro atoms. The Hall–Kier alpha value is -1.98. The summed E-state index contributed by atoms with van der Waals surface area (Å²) in [5, 5.41) is 3.94. The van der Waals surface area contributed by atoms with Gasteiger partial charge in [0.25, 0.3) is 6.43 Å².